The molecule has 0 bridgehead atoms. The van der Waals surface area contributed by atoms with Gasteiger partial charge in [0.15, 0.2) is 11.5 Å². The monoisotopic (exact) mass is 396 g/mol. The van der Waals surface area contributed by atoms with Gasteiger partial charge in [0.2, 0.25) is 6.79 Å². The van der Waals surface area contributed by atoms with Gasteiger partial charge in [-0.15, -0.1) is 0 Å². The van der Waals surface area contributed by atoms with Crippen molar-refractivity contribution in [3.63, 3.8) is 0 Å². The number of ether oxygens (including phenoxy) is 3. The largest absolute Gasteiger partial charge is 0.454 e. The van der Waals surface area contributed by atoms with E-state index in [0.717, 1.165) is 0 Å². The summed E-state index contributed by atoms with van der Waals surface area (Å²) < 4.78 is 15.8. The van der Waals surface area contributed by atoms with Crippen LogP contribution < -0.4 is 19.5 Å². The molecule has 0 fully saturated rings. The molecule has 2 aromatic carbocycles. The van der Waals surface area contributed by atoms with E-state index in [4.69, 9.17) is 25.8 Å². The average molecular weight is 397 g/mol. The summed E-state index contributed by atoms with van der Waals surface area (Å²) in [4.78, 5) is 28.5. The van der Waals surface area contributed by atoms with E-state index in [0.29, 0.717) is 22.7 Å². The van der Waals surface area contributed by atoms with Crippen molar-refractivity contribution in [2.45, 2.75) is 0 Å². The number of hydrogen-bond donors (Lipinski definition) is 1. The smallest absolute Gasteiger partial charge is 0.343 e. The van der Waals surface area contributed by atoms with E-state index < -0.39 is 5.97 Å². The number of anilines is 1. The minimum absolute atomic E-state index is 0.0517. The summed E-state index contributed by atoms with van der Waals surface area (Å²) in [5.74, 6) is 0.182. The second-order valence-corrected chi connectivity index (χ2v) is 6.21. The van der Waals surface area contributed by atoms with Gasteiger partial charge in [-0.3, -0.25) is 9.78 Å². The Balaban J connectivity index is 1.44. The number of carbonyl (C=O) groups excluding carboxylic acids is 2. The fourth-order valence-electron chi connectivity index (χ4n) is 2.57. The molecule has 1 aromatic heterocycles. The molecule has 0 aliphatic carbocycles. The summed E-state index contributed by atoms with van der Waals surface area (Å²) >= 11 is 6.08. The molecular weight excluding hydrogens is 384 g/mol. The van der Waals surface area contributed by atoms with Gasteiger partial charge in [-0.05, 0) is 48.5 Å². The Hall–Kier alpha value is -3.58. The topological polar surface area (TPSA) is 86.8 Å². The van der Waals surface area contributed by atoms with Gasteiger partial charge in [-0.25, -0.2) is 4.79 Å². The molecule has 7 nitrogen and oxygen atoms in total. The van der Waals surface area contributed by atoms with Gasteiger partial charge in [0.1, 0.15) is 5.75 Å². The molecule has 0 saturated carbocycles. The number of halogens is 1. The van der Waals surface area contributed by atoms with Crippen LogP contribution >= 0.6 is 11.6 Å². The zero-order valence-corrected chi connectivity index (χ0v) is 15.1. The molecule has 0 saturated heterocycles. The maximum absolute atomic E-state index is 12.4. The lowest BCUT2D eigenvalue weighted by Gasteiger charge is -2.08. The number of nitrogens with one attached hydrogen (secondary N) is 1. The van der Waals surface area contributed by atoms with Gasteiger partial charge >= 0.3 is 5.97 Å². The van der Waals surface area contributed by atoms with Crippen LogP contribution in [-0.2, 0) is 0 Å². The molecule has 0 spiro atoms. The normalized spacial score (nSPS) is 11.8. The molecule has 3 aromatic rings. The average Bonchev–Trinajstić information content (AvgIpc) is 3.18. The van der Waals surface area contributed by atoms with Crippen molar-refractivity contribution in [3.8, 4) is 17.2 Å². The van der Waals surface area contributed by atoms with Gasteiger partial charge in [0.05, 0.1) is 22.5 Å². The molecule has 1 N–H and O–H groups in total. The highest BCUT2D eigenvalue weighted by atomic mass is 35.5. The van der Waals surface area contributed by atoms with Crippen LogP contribution in [0.15, 0.2) is 60.9 Å². The van der Waals surface area contributed by atoms with Gasteiger partial charge in [-0.2, -0.15) is 0 Å². The highest BCUT2D eigenvalue weighted by molar-refractivity contribution is 6.32. The Bertz CT molecular complexity index is 1040. The number of amides is 1. The van der Waals surface area contributed by atoms with E-state index in [1.54, 1.807) is 36.7 Å². The van der Waals surface area contributed by atoms with Gasteiger partial charge in [0, 0.05) is 11.8 Å². The number of pyridine rings is 1. The summed E-state index contributed by atoms with van der Waals surface area (Å²) in [6.45, 7) is 0.0517. The van der Waals surface area contributed by atoms with Crippen molar-refractivity contribution in [2.75, 3.05) is 12.1 Å². The molecular formula is C20H13ClN2O5. The molecule has 2 heterocycles. The molecule has 1 aliphatic heterocycles. The molecule has 4 rings (SSSR count). The minimum Gasteiger partial charge on any atom is -0.454 e. The van der Waals surface area contributed by atoms with Crippen molar-refractivity contribution in [2.24, 2.45) is 0 Å². The van der Waals surface area contributed by atoms with E-state index in [9.17, 15) is 9.59 Å². The second kappa shape index (κ2) is 7.58. The number of rotatable bonds is 4. The lowest BCUT2D eigenvalue weighted by molar-refractivity contribution is 0.0734. The Kier molecular flexibility index (Phi) is 4.82. The fourth-order valence-corrected chi connectivity index (χ4v) is 2.83. The minimum atomic E-state index is -0.604. The summed E-state index contributed by atoms with van der Waals surface area (Å²) in [6.07, 6.45) is 3.16. The summed E-state index contributed by atoms with van der Waals surface area (Å²) in [5.41, 5.74) is 1.23. The quantitative estimate of drug-likeness (QED) is 0.531. The fraction of sp³-hybridized carbons (Fsp3) is 0.0500. The number of nitrogens with zero attached hydrogens (tertiary/aromatic N) is 1. The van der Waals surface area contributed by atoms with Crippen molar-refractivity contribution in [3.05, 3.63) is 77.1 Å². The van der Waals surface area contributed by atoms with E-state index in [2.05, 4.69) is 10.3 Å². The van der Waals surface area contributed by atoms with E-state index >= 15 is 0 Å². The summed E-state index contributed by atoms with van der Waals surface area (Å²) in [7, 11) is 0. The summed E-state index contributed by atoms with van der Waals surface area (Å²) in [6, 6.07) is 12.6. The first-order valence-corrected chi connectivity index (χ1v) is 8.61. The Labute approximate surface area is 164 Å². The van der Waals surface area contributed by atoms with Gasteiger partial charge in [-0.1, -0.05) is 11.6 Å². The highest BCUT2D eigenvalue weighted by Crippen LogP contribution is 2.40. The van der Waals surface area contributed by atoms with E-state index in [1.165, 1.54) is 24.3 Å². The Morgan fingerprint density at radius 2 is 1.89 bits per heavy atom. The third-order valence-corrected chi connectivity index (χ3v) is 4.19. The number of benzene rings is 2. The standard InChI is InChI=1S/C20H13ClN2O5/c21-16-8-13(9-17-18(16)27-11-26-17)20(25)28-15-5-3-12(4-6-15)19(24)23-14-2-1-7-22-10-14/h1-10H,11H2,(H,23,24). The van der Waals surface area contributed by atoms with Crippen LogP contribution in [0.4, 0.5) is 5.69 Å². The second-order valence-electron chi connectivity index (χ2n) is 5.80. The molecule has 1 amide bonds. The third kappa shape index (κ3) is 3.74. The first kappa shape index (κ1) is 17.8. The molecule has 28 heavy (non-hydrogen) atoms. The molecule has 140 valence electrons. The van der Waals surface area contributed by atoms with Gasteiger partial charge in [0.25, 0.3) is 5.91 Å². The third-order valence-electron chi connectivity index (χ3n) is 3.91. The number of hydrogen-bond acceptors (Lipinski definition) is 6. The Morgan fingerprint density at radius 1 is 1.07 bits per heavy atom. The van der Waals surface area contributed by atoms with E-state index in [-0.39, 0.29) is 29.0 Å². The zero-order chi connectivity index (χ0) is 19.5. The first-order valence-electron chi connectivity index (χ1n) is 8.23. The number of aromatic nitrogens is 1. The molecule has 0 radical (unpaired) electrons. The predicted octanol–water partition coefficient (Wildman–Crippen LogP) is 3.94. The number of esters is 1. The zero-order valence-electron chi connectivity index (χ0n) is 14.3. The van der Waals surface area contributed by atoms with Crippen LogP contribution in [-0.4, -0.2) is 23.7 Å². The molecule has 0 unspecified atom stereocenters. The van der Waals surface area contributed by atoms with Crippen LogP contribution in [0, 0.1) is 0 Å². The van der Waals surface area contributed by atoms with Crippen molar-refractivity contribution in [1.29, 1.82) is 0 Å². The van der Waals surface area contributed by atoms with Crippen LogP contribution in [0.25, 0.3) is 0 Å². The molecule has 0 atom stereocenters. The van der Waals surface area contributed by atoms with E-state index in [1.807, 2.05) is 0 Å². The maximum Gasteiger partial charge on any atom is 0.343 e. The maximum atomic E-state index is 12.4. The van der Waals surface area contributed by atoms with Crippen LogP contribution in [0.3, 0.4) is 0 Å². The van der Waals surface area contributed by atoms with Gasteiger partial charge < -0.3 is 19.5 Å². The van der Waals surface area contributed by atoms with Crippen molar-refractivity contribution < 1.29 is 23.8 Å². The number of carbonyl (C=O) groups is 2. The van der Waals surface area contributed by atoms with Crippen molar-refractivity contribution in [1.82, 2.24) is 4.98 Å². The highest BCUT2D eigenvalue weighted by Gasteiger charge is 2.21. The van der Waals surface area contributed by atoms with Crippen LogP contribution in [0.2, 0.25) is 5.02 Å². The van der Waals surface area contributed by atoms with Crippen LogP contribution in [0.1, 0.15) is 20.7 Å². The van der Waals surface area contributed by atoms with Crippen LogP contribution in [0.5, 0.6) is 17.2 Å². The lowest BCUT2D eigenvalue weighted by Crippen LogP contribution is -2.12. The molecule has 1 aliphatic rings. The SMILES string of the molecule is O=C(Nc1cccnc1)c1ccc(OC(=O)c2cc(Cl)c3c(c2)OCO3)cc1. The Morgan fingerprint density at radius 3 is 2.64 bits per heavy atom. The number of fused-ring (bicyclic) bond motifs is 1. The predicted molar refractivity (Wildman–Crippen MR) is 101 cm³/mol. The first-order chi connectivity index (χ1) is 13.6. The molecule has 8 heteroatoms. The summed E-state index contributed by atoms with van der Waals surface area (Å²) in [5, 5.41) is 2.99. The van der Waals surface area contributed by atoms with Crippen molar-refractivity contribution >= 4 is 29.2 Å². The lowest BCUT2D eigenvalue weighted by atomic mass is 10.2.